The second-order valence-corrected chi connectivity index (χ2v) is 2.18. The van der Waals surface area contributed by atoms with Crippen LogP contribution in [0, 0.1) is 0 Å². The molecule has 0 aromatic carbocycles. The number of nitrogens with two attached hydrogens (primary N) is 1. The first-order valence-corrected chi connectivity index (χ1v) is 3.04. The normalized spacial score (nSPS) is 32.2. The van der Waals surface area contributed by atoms with Gasteiger partial charge in [-0.1, -0.05) is 0 Å². The molecule has 1 heterocycles. The number of nitrogens with one attached hydrogen (secondary N) is 2. The molecule has 64 valence electrons. The van der Waals surface area contributed by atoms with Crippen molar-refractivity contribution in [1.29, 1.82) is 0 Å². The summed E-state index contributed by atoms with van der Waals surface area (Å²) in [6.45, 7) is 0.101. The van der Waals surface area contributed by atoms with Gasteiger partial charge in [-0.3, -0.25) is 10.7 Å². The summed E-state index contributed by atoms with van der Waals surface area (Å²) in [5.74, 6) is 0. The van der Waals surface area contributed by atoms with Crippen LogP contribution >= 0.6 is 0 Å². The van der Waals surface area contributed by atoms with E-state index < -0.39 is 18.6 Å². The predicted molar refractivity (Wildman–Crippen MR) is 34.6 cm³/mol. The lowest BCUT2D eigenvalue weighted by atomic mass is 10.6. The van der Waals surface area contributed by atoms with Crippen molar-refractivity contribution in [2.24, 2.45) is 5.73 Å². The third kappa shape index (κ3) is 2.02. The van der Waals surface area contributed by atoms with Gasteiger partial charge in [0.1, 0.15) is 6.23 Å². The Morgan fingerprint density at radius 3 is 2.73 bits per heavy atom. The molecule has 0 radical (unpaired) electrons. The lowest BCUT2D eigenvalue weighted by Gasteiger charge is -2.17. The van der Waals surface area contributed by atoms with E-state index in [1.54, 1.807) is 0 Å². The average molecular weight is 162 g/mol. The zero-order valence-corrected chi connectivity index (χ0v) is 5.69. The van der Waals surface area contributed by atoms with Crippen LogP contribution in [0.2, 0.25) is 0 Å². The molecule has 0 aliphatic carbocycles. The fourth-order valence-corrected chi connectivity index (χ4v) is 0.849. The van der Waals surface area contributed by atoms with Gasteiger partial charge in [0.2, 0.25) is 0 Å². The van der Waals surface area contributed by atoms with Gasteiger partial charge in [0.25, 0.3) is 0 Å². The molecule has 0 spiro atoms. The second-order valence-electron chi connectivity index (χ2n) is 2.18. The van der Waals surface area contributed by atoms with Crippen LogP contribution in [0.1, 0.15) is 0 Å². The maximum Gasteiger partial charge on any atom is 0.326 e. The lowest BCUT2D eigenvalue weighted by molar-refractivity contribution is -0.00290. The molecule has 0 aromatic rings. The molecule has 1 rings (SSSR count). The molecule has 1 fully saturated rings. The number of β-amino-alcohol motifs (C(OH)–C–C–N with tert-alkyl or cyclic N) is 1. The van der Waals surface area contributed by atoms with Crippen molar-refractivity contribution in [2.45, 2.75) is 12.6 Å². The maximum atomic E-state index is 10.3. The summed E-state index contributed by atoms with van der Waals surface area (Å²) in [6.07, 6.45) is -1.94. The smallest absolute Gasteiger partial charge is 0.326 e. The van der Waals surface area contributed by atoms with Crippen molar-refractivity contribution < 1.29 is 15.0 Å². The molecule has 7 heteroatoms. The Kier molecular flexibility index (Phi) is 2.25. The van der Waals surface area contributed by atoms with Gasteiger partial charge >= 0.3 is 6.03 Å². The minimum Gasteiger partial charge on any atom is -0.377 e. The van der Waals surface area contributed by atoms with Crippen LogP contribution in [0.15, 0.2) is 0 Å². The van der Waals surface area contributed by atoms with Crippen molar-refractivity contribution in [3.8, 4) is 0 Å². The third-order valence-electron chi connectivity index (χ3n) is 1.26. The summed E-state index contributed by atoms with van der Waals surface area (Å²) >= 11 is 0. The van der Waals surface area contributed by atoms with Crippen LogP contribution in [0.25, 0.3) is 0 Å². The summed E-state index contributed by atoms with van der Waals surface area (Å²) < 4.78 is 0. The van der Waals surface area contributed by atoms with Crippen molar-refractivity contribution in [3.63, 3.8) is 0 Å². The SMILES string of the molecule is NC(=O)NN1CC(O)NC1O. The molecule has 2 amide bonds. The number of hydrogen-bond acceptors (Lipinski definition) is 5. The summed E-state index contributed by atoms with van der Waals surface area (Å²) in [7, 11) is 0. The van der Waals surface area contributed by atoms with Crippen LogP contribution in [0.4, 0.5) is 4.79 Å². The number of carbonyl (C=O) groups is 1. The number of primary amides is 1. The molecular weight excluding hydrogens is 152 g/mol. The fourth-order valence-electron chi connectivity index (χ4n) is 0.849. The summed E-state index contributed by atoms with van der Waals surface area (Å²) in [5, 5.41) is 21.3. The van der Waals surface area contributed by atoms with Gasteiger partial charge in [-0.05, 0) is 0 Å². The highest BCUT2D eigenvalue weighted by atomic mass is 16.4. The predicted octanol–water partition coefficient (Wildman–Crippen LogP) is -2.93. The molecule has 7 nitrogen and oxygen atoms in total. The monoisotopic (exact) mass is 162 g/mol. The van der Waals surface area contributed by atoms with E-state index in [2.05, 4.69) is 10.7 Å². The zero-order chi connectivity index (χ0) is 8.43. The van der Waals surface area contributed by atoms with Gasteiger partial charge in [-0.15, -0.1) is 0 Å². The summed E-state index contributed by atoms with van der Waals surface area (Å²) in [6, 6.07) is -0.778. The molecular formula is C4H10N4O3. The Labute approximate surface area is 62.7 Å². The summed E-state index contributed by atoms with van der Waals surface area (Å²) in [4.78, 5) is 10.3. The van der Waals surface area contributed by atoms with E-state index in [1.165, 1.54) is 0 Å². The molecule has 2 unspecified atom stereocenters. The van der Waals surface area contributed by atoms with Gasteiger partial charge in [0.05, 0.1) is 6.54 Å². The van der Waals surface area contributed by atoms with Gasteiger partial charge in [0.15, 0.2) is 6.35 Å². The number of carbonyl (C=O) groups excluding carboxylic acids is 1. The standard InChI is InChI=1S/C4H10N4O3/c5-3(10)7-8-1-2(9)6-4(8)11/h2,4,6,9,11H,1H2,(H3,5,7,10). The zero-order valence-electron chi connectivity index (χ0n) is 5.69. The highest BCUT2D eigenvalue weighted by Gasteiger charge is 2.28. The van der Waals surface area contributed by atoms with Gasteiger partial charge < -0.3 is 15.9 Å². The molecule has 0 bridgehead atoms. The van der Waals surface area contributed by atoms with Crippen LogP contribution in [0.5, 0.6) is 0 Å². The molecule has 0 saturated carbocycles. The lowest BCUT2D eigenvalue weighted by Crippen LogP contribution is -2.49. The van der Waals surface area contributed by atoms with E-state index in [1.807, 2.05) is 0 Å². The van der Waals surface area contributed by atoms with Crippen molar-refractivity contribution in [3.05, 3.63) is 0 Å². The van der Waals surface area contributed by atoms with Crippen molar-refractivity contribution in [1.82, 2.24) is 15.8 Å². The first-order valence-electron chi connectivity index (χ1n) is 3.04. The van der Waals surface area contributed by atoms with Gasteiger partial charge in [0, 0.05) is 0 Å². The van der Waals surface area contributed by atoms with E-state index in [-0.39, 0.29) is 6.54 Å². The Bertz CT molecular complexity index is 163. The topological polar surface area (TPSA) is 111 Å². The number of urea groups is 1. The molecule has 1 aliphatic rings. The van der Waals surface area contributed by atoms with E-state index in [9.17, 15) is 4.79 Å². The molecule has 2 atom stereocenters. The Balaban J connectivity index is 2.40. The first kappa shape index (κ1) is 8.21. The van der Waals surface area contributed by atoms with Crippen LogP contribution < -0.4 is 16.5 Å². The minimum absolute atomic E-state index is 0.101. The molecule has 1 saturated heterocycles. The minimum atomic E-state index is -1.09. The number of amides is 2. The molecule has 1 aliphatic heterocycles. The summed E-state index contributed by atoms with van der Waals surface area (Å²) in [5.41, 5.74) is 6.89. The van der Waals surface area contributed by atoms with Crippen molar-refractivity contribution in [2.75, 3.05) is 6.54 Å². The average Bonchev–Trinajstić information content (AvgIpc) is 2.09. The number of aliphatic hydroxyl groups is 2. The molecule has 0 aromatic heterocycles. The number of nitrogens with zero attached hydrogens (tertiary/aromatic N) is 1. The van der Waals surface area contributed by atoms with E-state index in [4.69, 9.17) is 15.9 Å². The quantitative estimate of drug-likeness (QED) is 0.283. The van der Waals surface area contributed by atoms with Crippen LogP contribution in [-0.2, 0) is 0 Å². The highest BCUT2D eigenvalue weighted by Crippen LogP contribution is 1.99. The Morgan fingerprint density at radius 2 is 2.36 bits per heavy atom. The molecule has 6 N–H and O–H groups in total. The molecule has 11 heavy (non-hydrogen) atoms. The van der Waals surface area contributed by atoms with Crippen LogP contribution in [0.3, 0.4) is 0 Å². The number of rotatable bonds is 1. The van der Waals surface area contributed by atoms with Gasteiger partial charge in [-0.25, -0.2) is 4.79 Å². The van der Waals surface area contributed by atoms with E-state index in [0.717, 1.165) is 5.01 Å². The number of hydrogen-bond donors (Lipinski definition) is 5. The third-order valence-corrected chi connectivity index (χ3v) is 1.26. The van der Waals surface area contributed by atoms with Crippen molar-refractivity contribution >= 4 is 6.03 Å². The van der Waals surface area contributed by atoms with Gasteiger partial charge in [-0.2, -0.15) is 5.01 Å². The van der Waals surface area contributed by atoms with Crippen LogP contribution in [-0.4, -0.2) is 40.4 Å². The number of aliphatic hydroxyl groups excluding tert-OH is 2. The maximum absolute atomic E-state index is 10.3. The Hall–Kier alpha value is -0.890. The number of hydrazine groups is 1. The Morgan fingerprint density at radius 1 is 1.73 bits per heavy atom. The highest BCUT2D eigenvalue weighted by molar-refractivity contribution is 5.70. The fraction of sp³-hybridized carbons (Fsp3) is 0.750. The van der Waals surface area contributed by atoms with E-state index in [0.29, 0.717) is 0 Å². The van der Waals surface area contributed by atoms with E-state index >= 15 is 0 Å². The largest absolute Gasteiger partial charge is 0.377 e. The first-order chi connectivity index (χ1) is 5.09. The second kappa shape index (κ2) is 3.01.